The van der Waals surface area contributed by atoms with Crippen LogP contribution in [0.3, 0.4) is 0 Å². The van der Waals surface area contributed by atoms with Crippen molar-refractivity contribution in [1.29, 1.82) is 0 Å². The van der Waals surface area contributed by atoms with Gasteiger partial charge in [0.2, 0.25) is 0 Å². The van der Waals surface area contributed by atoms with Crippen molar-refractivity contribution in [3.63, 3.8) is 0 Å². The summed E-state index contributed by atoms with van der Waals surface area (Å²) in [7, 11) is 0. The van der Waals surface area contributed by atoms with Crippen LogP contribution < -0.4 is 5.32 Å². The highest BCUT2D eigenvalue weighted by Crippen LogP contribution is 2.29. The Bertz CT molecular complexity index is 179. The van der Waals surface area contributed by atoms with Crippen LogP contribution in [-0.2, 0) is 0 Å². The van der Waals surface area contributed by atoms with E-state index in [1.54, 1.807) is 0 Å². The molecule has 0 aliphatic heterocycles. The Kier molecular flexibility index (Phi) is 5.64. The third-order valence-corrected chi connectivity index (χ3v) is 4.27. The fraction of sp³-hybridized carbons (Fsp3) is 0.833. The monoisotopic (exact) mass is 213 g/mol. The molecule has 2 heteroatoms. The van der Waals surface area contributed by atoms with E-state index in [1.165, 1.54) is 30.6 Å². The van der Waals surface area contributed by atoms with Gasteiger partial charge >= 0.3 is 0 Å². The van der Waals surface area contributed by atoms with Gasteiger partial charge in [0.25, 0.3) is 0 Å². The zero-order valence-electron chi connectivity index (χ0n) is 9.51. The highest BCUT2D eigenvalue weighted by Gasteiger charge is 2.26. The first-order valence-corrected chi connectivity index (χ1v) is 6.84. The molecule has 0 spiro atoms. The molecule has 82 valence electrons. The van der Waals surface area contributed by atoms with Crippen molar-refractivity contribution in [2.75, 3.05) is 12.3 Å². The Morgan fingerprint density at radius 3 is 2.86 bits per heavy atom. The number of thioether (sulfide) groups is 1. The smallest absolute Gasteiger partial charge is 0.0201 e. The molecule has 1 nitrogen and oxygen atoms in total. The third kappa shape index (κ3) is 3.66. The van der Waals surface area contributed by atoms with E-state index in [9.17, 15) is 0 Å². The quantitative estimate of drug-likeness (QED) is 0.680. The Hall–Kier alpha value is 0.0500. The van der Waals surface area contributed by atoms with E-state index in [-0.39, 0.29) is 0 Å². The zero-order valence-corrected chi connectivity index (χ0v) is 10.3. The molecule has 2 unspecified atom stereocenters. The standard InChI is InChI=1S/C12H23NS/c1-4-10(3)9-13-11-7-6-8-12(11)14-5-2/h11-13H,3-9H2,1-2H3. The predicted molar refractivity (Wildman–Crippen MR) is 67.0 cm³/mol. The van der Waals surface area contributed by atoms with Gasteiger partial charge in [0, 0.05) is 17.8 Å². The zero-order chi connectivity index (χ0) is 10.4. The maximum absolute atomic E-state index is 4.04. The van der Waals surface area contributed by atoms with E-state index in [4.69, 9.17) is 0 Å². The minimum atomic E-state index is 0.739. The topological polar surface area (TPSA) is 12.0 Å². The van der Waals surface area contributed by atoms with Crippen LogP contribution in [0.1, 0.15) is 39.5 Å². The third-order valence-electron chi connectivity index (χ3n) is 2.95. The van der Waals surface area contributed by atoms with Gasteiger partial charge in [-0.3, -0.25) is 0 Å². The summed E-state index contributed by atoms with van der Waals surface area (Å²) in [4.78, 5) is 0. The molecule has 0 radical (unpaired) electrons. The minimum absolute atomic E-state index is 0.739. The SMILES string of the molecule is C=C(CC)CNC1CCCC1SCC. The lowest BCUT2D eigenvalue weighted by atomic mass is 10.2. The van der Waals surface area contributed by atoms with Crippen LogP contribution in [0.4, 0.5) is 0 Å². The molecule has 1 fully saturated rings. The van der Waals surface area contributed by atoms with Gasteiger partial charge in [-0.1, -0.05) is 32.4 Å². The molecular formula is C12H23NS. The molecule has 0 bridgehead atoms. The predicted octanol–water partition coefficient (Wildman–Crippen LogP) is 3.22. The summed E-state index contributed by atoms with van der Waals surface area (Å²) in [6.45, 7) is 9.48. The van der Waals surface area contributed by atoms with Gasteiger partial charge in [-0.15, -0.1) is 0 Å². The van der Waals surface area contributed by atoms with Crippen molar-refractivity contribution < 1.29 is 0 Å². The van der Waals surface area contributed by atoms with Gasteiger partial charge in [0.15, 0.2) is 0 Å². The summed E-state index contributed by atoms with van der Waals surface area (Å²) in [6, 6.07) is 0.739. The van der Waals surface area contributed by atoms with Crippen molar-refractivity contribution in [1.82, 2.24) is 5.32 Å². The Balaban J connectivity index is 2.25. The second-order valence-electron chi connectivity index (χ2n) is 4.02. The molecule has 0 saturated heterocycles. The van der Waals surface area contributed by atoms with Gasteiger partial charge < -0.3 is 5.32 Å². The largest absolute Gasteiger partial charge is 0.309 e. The number of rotatable bonds is 6. The van der Waals surface area contributed by atoms with E-state index >= 15 is 0 Å². The first kappa shape index (κ1) is 12.1. The number of hydrogen-bond acceptors (Lipinski definition) is 2. The van der Waals surface area contributed by atoms with E-state index in [1.807, 2.05) is 0 Å². The van der Waals surface area contributed by atoms with E-state index in [0.29, 0.717) is 0 Å². The second-order valence-corrected chi connectivity index (χ2v) is 5.53. The summed E-state index contributed by atoms with van der Waals surface area (Å²) >= 11 is 2.11. The average molecular weight is 213 g/mol. The first-order valence-electron chi connectivity index (χ1n) is 5.79. The molecule has 1 saturated carbocycles. The lowest BCUT2D eigenvalue weighted by molar-refractivity contribution is 0.554. The summed E-state index contributed by atoms with van der Waals surface area (Å²) in [5.41, 5.74) is 1.33. The summed E-state index contributed by atoms with van der Waals surface area (Å²) in [5, 5.41) is 4.50. The number of nitrogens with one attached hydrogen (secondary N) is 1. The molecule has 2 atom stereocenters. The second kappa shape index (κ2) is 6.52. The van der Waals surface area contributed by atoms with Crippen molar-refractivity contribution in [2.45, 2.75) is 50.8 Å². The summed E-state index contributed by atoms with van der Waals surface area (Å²) < 4.78 is 0. The van der Waals surface area contributed by atoms with Crippen molar-refractivity contribution in [2.24, 2.45) is 0 Å². The lowest BCUT2D eigenvalue weighted by Gasteiger charge is -2.20. The molecule has 0 heterocycles. The van der Waals surface area contributed by atoms with Gasteiger partial charge in [0.05, 0.1) is 0 Å². The molecule has 1 aliphatic carbocycles. The van der Waals surface area contributed by atoms with Crippen LogP contribution >= 0.6 is 11.8 Å². The van der Waals surface area contributed by atoms with Gasteiger partial charge in [-0.25, -0.2) is 0 Å². The van der Waals surface area contributed by atoms with Crippen LogP contribution in [0.5, 0.6) is 0 Å². The van der Waals surface area contributed by atoms with Crippen molar-refractivity contribution >= 4 is 11.8 Å². The number of hydrogen-bond donors (Lipinski definition) is 1. The Labute approximate surface area is 92.7 Å². The fourth-order valence-electron chi connectivity index (χ4n) is 1.97. The van der Waals surface area contributed by atoms with Crippen LogP contribution in [0, 0.1) is 0 Å². The van der Waals surface area contributed by atoms with Crippen LogP contribution in [0.25, 0.3) is 0 Å². The van der Waals surface area contributed by atoms with Crippen molar-refractivity contribution in [3.8, 4) is 0 Å². The maximum Gasteiger partial charge on any atom is 0.0201 e. The first-order chi connectivity index (χ1) is 6.77. The fourth-order valence-corrected chi connectivity index (χ4v) is 3.20. The molecule has 0 aromatic heterocycles. The molecule has 14 heavy (non-hydrogen) atoms. The normalized spacial score (nSPS) is 26.7. The molecule has 0 aromatic rings. The highest BCUT2D eigenvalue weighted by molar-refractivity contribution is 7.99. The molecular weight excluding hydrogens is 190 g/mol. The van der Waals surface area contributed by atoms with E-state index in [0.717, 1.165) is 24.3 Å². The summed E-state index contributed by atoms with van der Waals surface area (Å²) in [5.74, 6) is 1.25. The average Bonchev–Trinajstić information content (AvgIpc) is 2.62. The highest BCUT2D eigenvalue weighted by atomic mass is 32.2. The minimum Gasteiger partial charge on any atom is -0.309 e. The van der Waals surface area contributed by atoms with E-state index in [2.05, 4.69) is 37.5 Å². The van der Waals surface area contributed by atoms with Crippen molar-refractivity contribution in [3.05, 3.63) is 12.2 Å². The molecule has 0 amide bonds. The van der Waals surface area contributed by atoms with Crippen LogP contribution in [0.15, 0.2) is 12.2 Å². The van der Waals surface area contributed by atoms with Gasteiger partial charge in [-0.05, 0) is 25.0 Å². The van der Waals surface area contributed by atoms with Gasteiger partial charge in [0.1, 0.15) is 0 Å². The maximum atomic E-state index is 4.04. The van der Waals surface area contributed by atoms with E-state index < -0.39 is 0 Å². The molecule has 1 rings (SSSR count). The summed E-state index contributed by atoms with van der Waals surface area (Å²) in [6.07, 6.45) is 5.25. The van der Waals surface area contributed by atoms with Crippen LogP contribution in [-0.4, -0.2) is 23.6 Å². The molecule has 0 aromatic carbocycles. The molecule has 1 aliphatic rings. The molecule has 1 N–H and O–H groups in total. The van der Waals surface area contributed by atoms with Crippen LogP contribution in [0.2, 0.25) is 0 Å². The Morgan fingerprint density at radius 1 is 1.43 bits per heavy atom. The Morgan fingerprint density at radius 2 is 2.21 bits per heavy atom. The van der Waals surface area contributed by atoms with Gasteiger partial charge in [-0.2, -0.15) is 11.8 Å². The lowest BCUT2D eigenvalue weighted by Crippen LogP contribution is -2.35.